The van der Waals surface area contributed by atoms with E-state index in [4.69, 9.17) is 0 Å². The minimum atomic E-state index is -0.0195. The smallest absolute Gasteiger partial charge is 0.268 e. The lowest BCUT2D eigenvalue weighted by Gasteiger charge is -2.23. The number of nitrogens with one attached hydrogen (secondary N) is 1. The van der Waals surface area contributed by atoms with Crippen molar-refractivity contribution in [3.63, 3.8) is 0 Å². The largest absolute Gasteiger partial charge is 0.356 e. The van der Waals surface area contributed by atoms with Gasteiger partial charge in [0.05, 0.1) is 17.8 Å². The van der Waals surface area contributed by atoms with Crippen LogP contribution in [0.25, 0.3) is 0 Å². The highest BCUT2D eigenvalue weighted by atomic mass is 32.1. The molecule has 0 aliphatic carbocycles. The van der Waals surface area contributed by atoms with Gasteiger partial charge in [-0.15, -0.1) is 11.3 Å². The Bertz CT molecular complexity index is 979. The number of thiophene rings is 1. The number of carbonyl (C=O) groups excluding carboxylic acids is 2. The summed E-state index contributed by atoms with van der Waals surface area (Å²) in [4.78, 5) is 27.8. The third kappa shape index (κ3) is 6.04. The lowest BCUT2D eigenvalue weighted by Crippen LogP contribution is -2.30. The van der Waals surface area contributed by atoms with Crippen LogP contribution in [0.2, 0.25) is 0 Å². The number of aryl methyl sites for hydroxylation is 1. The molecule has 1 aromatic heterocycles. The number of benzene rings is 2. The van der Waals surface area contributed by atoms with Crippen LogP contribution >= 0.6 is 11.3 Å². The van der Waals surface area contributed by atoms with Crippen molar-refractivity contribution in [2.75, 3.05) is 11.4 Å². The fraction of sp³-hybridized carbons (Fsp3) is 0.280. The molecule has 30 heavy (non-hydrogen) atoms. The van der Waals surface area contributed by atoms with E-state index in [0.717, 1.165) is 16.8 Å². The monoisotopic (exact) mass is 420 g/mol. The first-order chi connectivity index (χ1) is 14.4. The summed E-state index contributed by atoms with van der Waals surface area (Å²) in [6, 6.07) is 19.6. The zero-order valence-corrected chi connectivity index (χ0v) is 18.5. The van der Waals surface area contributed by atoms with Gasteiger partial charge in [-0.3, -0.25) is 9.59 Å². The van der Waals surface area contributed by atoms with Crippen molar-refractivity contribution < 1.29 is 9.59 Å². The van der Waals surface area contributed by atoms with Crippen LogP contribution in [0.3, 0.4) is 0 Å². The Hall–Kier alpha value is -2.92. The molecular formula is C25H28N2O2S. The van der Waals surface area contributed by atoms with Gasteiger partial charge in [0.15, 0.2) is 0 Å². The molecule has 0 saturated heterocycles. The Balaban J connectivity index is 1.79. The SMILES string of the molecule is Cc1cccc(CN(C(=O)c2cccs2)c2ccc(CC(=O)NCC(C)C)cc2)c1. The normalized spacial score (nSPS) is 10.8. The summed E-state index contributed by atoms with van der Waals surface area (Å²) in [5.41, 5.74) is 4.00. The molecule has 0 saturated carbocycles. The molecule has 2 amide bonds. The third-order valence-corrected chi connectivity index (χ3v) is 5.58. The molecule has 0 fully saturated rings. The van der Waals surface area contributed by atoms with Crippen molar-refractivity contribution in [3.05, 3.63) is 87.6 Å². The quantitative estimate of drug-likeness (QED) is 0.543. The number of rotatable bonds is 8. The van der Waals surface area contributed by atoms with E-state index in [0.29, 0.717) is 30.3 Å². The predicted octanol–water partition coefficient (Wildman–Crippen LogP) is 5.22. The van der Waals surface area contributed by atoms with Crippen LogP contribution in [0.4, 0.5) is 5.69 Å². The highest BCUT2D eigenvalue weighted by Crippen LogP contribution is 2.23. The predicted molar refractivity (Wildman–Crippen MR) is 124 cm³/mol. The first kappa shape index (κ1) is 21.8. The maximum absolute atomic E-state index is 13.2. The summed E-state index contributed by atoms with van der Waals surface area (Å²) in [5, 5.41) is 4.85. The van der Waals surface area contributed by atoms with E-state index in [2.05, 4.69) is 25.2 Å². The second-order valence-electron chi connectivity index (χ2n) is 7.90. The molecular weight excluding hydrogens is 392 g/mol. The third-order valence-electron chi connectivity index (χ3n) is 4.72. The second-order valence-corrected chi connectivity index (χ2v) is 8.85. The Morgan fingerprint density at radius 2 is 1.77 bits per heavy atom. The van der Waals surface area contributed by atoms with Crippen molar-refractivity contribution in [3.8, 4) is 0 Å². The van der Waals surface area contributed by atoms with E-state index in [1.54, 1.807) is 4.90 Å². The van der Waals surface area contributed by atoms with Crippen LogP contribution in [-0.2, 0) is 17.8 Å². The van der Waals surface area contributed by atoms with Crippen molar-refractivity contribution in [1.82, 2.24) is 5.32 Å². The molecule has 0 bridgehead atoms. The summed E-state index contributed by atoms with van der Waals surface area (Å²) in [6.45, 7) is 7.36. The van der Waals surface area contributed by atoms with E-state index in [9.17, 15) is 9.59 Å². The number of anilines is 1. The van der Waals surface area contributed by atoms with Gasteiger partial charge in [-0.2, -0.15) is 0 Å². The van der Waals surface area contributed by atoms with Gasteiger partial charge < -0.3 is 10.2 Å². The van der Waals surface area contributed by atoms with Gasteiger partial charge in [0.2, 0.25) is 5.91 Å². The molecule has 2 aromatic carbocycles. The maximum atomic E-state index is 13.2. The molecule has 3 aromatic rings. The molecule has 0 unspecified atom stereocenters. The second kappa shape index (κ2) is 10.2. The van der Waals surface area contributed by atoms with Gasteiger partial charge in [0, 0.05) is 12.2 Å². The Labute approximate surface area is 182 Å². The van der Waals surface area contributed by atoms with Crippen LogP contribution in [-0.4, -0.2) is 18.4 Å². The van der Waals surface area contributed by atoms with Gasteiger partial charge >= 0.3 is 0 Å². The summed E-state index contributed by atoms with van der Waals surface area (Å²) in [7, 11) is 0. The lowest BCUT2D eigenvalue weighted by molar-refractivity contribution is -0.120. The summed E-state index contributed by atoms with van der Waals surface area (Å²) in [6.07, 6.45) is 0.337. The number of hydrogen-bond donors (Lipinski definition) is 1. The molecule has 0 spiro atoms. The van der Waals surface area contributed by atoms with Gasteiger partial charge in [0.1, 0.15) is 0 Å². The maximum Gasteiger partial charge on any atom is 0.268 e. The molecule has 3 rings (SSSR count). The van der Waals surface area contributed by atoms with Crippen molar-refractivity contribution in [2.45, 2.75) is 33.7 Å². The van der Waals surface area contributed by atoms with Gasteiger partial charge in [-0.1, -0.05) is 61.9 Å². The molecule has 4 nitrogen and oxygen atoms in total. The summed E-state index contributed by atoms with van der Waals surface area (Å²) >= 11 is 1.44. The fourth-order valence-electron chi connectivity index (χ4n) is 3.17. The highest BCUT2D eigenvalue weighted by molar-refractivity contribution is 7.12. The van der Waals surface area contributed by atoms with Crippen molar-refractivity contribution >= 4 is 28.8 Å². The summed E-state index contributed by atoms with van der Waals surface area (Å²) in [5.74, 6) is 0.423. The van der Waals surface area contributed by atoms with Gasteiger partial charge in [-0.05, 0) is 47.5 Å². The molecule has 0 aliphatic heterocycles. The van der Waals surface area contributed by atoms with Gasteiger partial charge in [-0.25, -0.2) is 0 Å². The average Bonchev–Trinajstić information content (AvgIpc) is 3.26. The van der Waals surface area contributed by atoms with E-state index < -0.39 is 0 Å². The first-order valence-corrected chi connectivity index (χ1v) is 11.1. The molecule has 1 N–H and O–H groups in total. The van der Waals surface area contributed by atoms with E-state index in [1.165, 1.54) is 16.9 Å². The minimum Gasteiger partial charge on any atom is -0.356 e. The zero-order valence-electron chi connectivity index (χ0n) is 17.7. The topological polar surface area (TPSA) is 49.4 Å². The Kier molecular flexibility index (Phi) is 7.41. The molecule has 156 valence electrons. The minimum absolute atomic E-state index is 0.0164. The number of carbonyl (C=O) groups is 2. The van der Waals surface area contributed by atoms with Crippen LogP contribution in [0.1, 0.15) is 40.2 Å². The number of nitrogens with zero attached hydrogens (tertiary/aromatic N) is 1. The molecule has 1 heterocycles. The molecule has 5 heteroatoms. The first-order valence-electron chi connectivity index (χ1n) is 10.2. The highest BCUT2D eigenvalue weighted by Gasteiger charge is 2.19. The van der Waals surface area contributed by atoms with E-state index >= 15 is 0 Å². The summed E-state index contributed by atoms with van der Waals surface area (Å²) < 4.78 is 0. The van der Waals surface area contributed by atoms with E-state index in [1.807, 2.05) is 66.9 Å². The number of hydrogen-bond acceptors (Lipinski definition) is 3. The van der Waals surface area contributed by atoms with Crippen LogP contribution in [0.15, 0.2) is 66.0 Å². The molecule has 0 aliphatic rings. The van der Waals surface area contributed by atoms with Crippen LogP contribution < -0.4 is 10.2 Å². The van der Waals surface area contributed by atoms with Crippen molar-refractivity contribution in [2.24, 2.45) is 5.92 Å². The van der Waals surface area contributed by atoms with Crippen molar-refractivity contribution in [1.29, 1.82) is 0 Å². The van der Waals surface area contributed by atoms with Gasteiger partial charge in [0.25, 0.3) is 5.91 Å². The standard InChI is InChI=1S/C25H28N2O2S/c1-18(2)16-26-24(28)15-20-9-11-22(12-10-20)27(25(29)23-8-5-13-30-23)17-21-7-4-6-19(3)14-21/h4-14,18H,15-17H2,1-3H3,(H,26,28). The zero-order chi connectivity index (χ0) is 21.5. The molecule has 0 atom stereocenters. The fourth-order valence-corrected chi connectivity index (χ4v) is 3.84. The average molecular weight is 421 g/mol. The Morgan fingerprint density at radius 1 is 1.00 bits per heavy atom. The molecule has 0 radical (unpaired) electrons. The Morgan fingerprint density at radius 3 is 2.40 bits per heavy atom. The van der Waals surface area contributed by atoms with E-state index in [-0.39, 0.29) is 11.8 Å². The number of amides is 2. The van der Waals surface area contributed by atoms with Crippen LogP contribution in [0, 0.1) is 12.8 Å². The lowest BCUT2D eigenvalue weighted by atomic mass is 10.1. The van der Waals surface area contributed by atoms with Crippen LogP contribution in [0.5, 0.6) is 0 Å².